The van der Waals surface area contributed by atoms with Gasteiger partial charge in [0, 0.05) is 18.4 Å². The van der Waals surface area contributed by atoms with Gasteiger partial charge in [0.1, 0.15) is 6.10 Å². The smallest absolute Gasteiger partial charge is 0.303 e. The van der Waals surface area contributed by atoms with Crippen LogP contribution in [0.5, 0.6) is 5.75 Å². The lowest BCUT2D eigenvalue weighted by atomic mass is 10.1. The maximum Gasteiger partial charge on any atom is 0.303 e. The summed E-state index contributed by atoms with van der Waals surface area (Å²) in [7, 11) is 0. The van der Waals surface area contributed by atoms with E-state index in [0.717, 1.165) is 0 Å². The van der Waals surface area contributed by atoms with Gasteiger partial charge in [-0.15, -0.1) is 0 Å². The first-order valence-corrected chi connectivity index (χ1v) is 5.15. The summed E-state index contributed by atoms with van der Waals surface area (Å²) >= 11 is 0. The van der Waals surface area contributed by atoms with Crippen LogP contribution in [-0.2, 0) is 11.2 Å². The van der Waals surface area contributed by atoms with Crippen LogP contribution in [0.25, 0.3) is 0 Å². The molecule has 1 N–H and O–H groups in total. The zero-order valence-corrected chi connectivity index (χ0v) is 8.97. The minimum atomic E-state index is -1.93. The van der Waals surface area contributed by atoms with Gasteiger partial charge in [-0.1, -0.05) is 0 Å². The van der Waals surface area contributed by atoms with Gasteiger partial charge in [0.15, 0.2) is 17.4 Å². The maximum absolute atomic E-state index is 13.3. The van der Waals surface area contributed by atoms with Crippen molar-refractivity contribution in [2.24, 2.45) is 0 Å². The zero-order valence-electron chi connectivity index (χ0n) is 8.97. The molecule has 1 aliphatic heterocycles. The fraction of sp³-hybridized carbons (Fsp3) is 0.364. The molecule has 0 radical (unpaired) electrons. The normalized spacial score (nSPS) is 17.4. The summed E-state index contributed by atoms with van der Waals surface area (Å²) in [5.41, 5.74) is -0.387. The first-order valence-electron chi connectivity index (χ1n) is 5.15. The SMILES string of the molecule is O=C(O)CCC1Cc2c(F)c(F)c(F)c(F)c2O1. The molecule has 7 heteroatoms. The lowest BCUT2D eigenvalue weighted by Gasteiger charge is -2.08. The standard InChI is InChI=1S/C11H8F4O3/c12-7-5-3-4(1-2-6(16)17)18-11(5)10(15)9(14)8(7)13/h4H,1-3H2,(H,16,17). The van der Waals surface area contributed by atoms with Crippen molar-refractivity contribution < 1.29 is 32.2 Å². The number of benzene rings is 1. The molecular weight excluding hydrogens is 256 g/mol. The first-order chi connectivity index (χ1) is 8.41. The highest BCUT2D eigenvalue weighted by molar-refractivity contribution is 5.66. The van der Waals surface area contributed by atoms with Crippen molar-refractivity contribution >= 4 is 5.97 Å². The van der Waals surface area contributed by atoms with Crippen molar-refractivity contribution in [3.63, 3.8) is 0 Å². The van der Waals surface area contributed by atoms with Gasteiger partial charge in [0.25, 0.3) is 0 Å². The Kier molecular flexibility index (Phi) is 3.14. The van der Waals surface area contributed by atoms with E-state index in [-0.39, 0.29) is 24.8 Å². The Labute approximate surface area is 99.0 Å². The Hall–Kier alpha value is -1.79. The second kappa shape index (κ2) is 4.47. The average Bonchev–Trinajstić information content (AvgIpc) is 2.75. The number of carboxylic acid groups (broad SMARTS) is 1. The predicted molar refractivity (Wildman–Crippen MR) is 51.3 cm³/mol. The number of hydrogen-bond acceptors (Lipinski definition) is 2. The van der Waals surface area contributed by atoms with E-state index in [0.29, 0.717) is 0 Å². The zero-order chi connectivity index (χ0) is 13.4. The minimum Gasteiger partial charge on any atom is -0.486 e. The van der Waals surface area contributed by atoms with Crippen LogP contribution in [0.4, 0.5) is 17.6 Å². The number of hydrogen-bond donors (Lipinski definition) is 1. The third-order valence-corrected chi connectivity index (χ3v) is 2.71. The molecule has 98 valence electrons. The molecule has 0 bridgehead atoms. The molecule has 0 amide bonds. The van der Waals surface area contributed by atoms with E-state index in [9.17, 15) is 22.4 Å². The van der Waals surface area contributed by atoms with Crippen LogP contribution in [-0.4, -0.2) is 17.2 Å². The molecule has 1 atom stereocenters. The summed E-state index contributed by atoms with van der Waals surface area (Å²) in [6.45, 7) is 0. The number of aliphatic carboxylic acids is 1. The lowest BCUT2D eigenvalue weighted by Crippen LogP contribution is -2.14. The van der Waals surface area contributed by atoms with Gasteiger partial charge in [-0.2, -0.15) is 4.39 Å². The Bertz CT molecular complexity index is 479. The van der Waals surface area contributed by atoms with E-state index in [1.807, 2.05) is 0 Å². The summed E-state index contributed by atoms with van der Waals surface area (Å²) in [5, 5.41) is 8.46. The highest BCUT2D eigenvalue weighted by Crippen LogP contribution is 2.37. The van der Waals surface area contributed by atoms with E-state index in [1.165, 1.54) is 0 Å². The van der Waals surface area contributed by atoms with Gasteiger partial charge in [-0.3, -0.25) is 4.79 Å². The van der Waals surface area contributed by atoms with Crippen molar-refractivity contribution in [2.45, 2.75) is 25.4 Å². The number of carboxylic acids is 1. The van der Waals surface area contributed by atoms with Gasteiger partial charge in [-0.05, 0) is 6.42 Å². The number of rotatable bonds is 3. The molecule has 1 aliphatic rings. The summed E-state index contributed by atoms with van der Waals surface area (Å²) in [6, 6.07) is 0. The van der Waals surface area contributed by atoms with E-state index >= 15 is 0 Å². The topological polar surface area (TPSA) is 46.5 Å². The van der Waals surface area contributed by atoms with Gasteiger partial charge < -0.3 is 9.84 Å². The molecule has 0 aliphatic carbocycles. The van der Waals surface area contributed by atoms with Crippen molar-refractivity contribution in [3.8, 4) is 5.75 Å². The van der Waals surface area contributed by atoms with E-state index in [1.54, 1.807) is 0 Å². The number of ether oxygens (including phenoxy) is 1. The third-order valence-electron chi connectivity index (χ3n) is 2.71. The van der Waals surface area contributed by atoms with Crippen molar-refractivity contribution in [2.75, 3.05) is 0 Å². The Balaban J connectivity index is 2.27. The number of fused-ring (bicyclic) bond motifs is 1. The van der Waals surface area contributed by atoms with Crippen LogP contribution in [0.3, 0.4) is 0 Å². The fourth-order valence-corrected chi connectivity index (χ4v) is 1.84. The molecular formula is C11H8F4O3. The average molecular weight is 264 g/mol. The molecule has 0 aromatic heterocycles. The molecule has 0 fully saturated rings. The summed E-state index contributed by atoms with van der Waals surface area (Å²) in [6.07, 6.45) is -1.22. The molecule has 3 nitrogen and oxygen atoms in total. The molecule has 0 saturated carbocycles. The van der Waals surface area contributed by atoms with Gasteiger partial charge >= 0.3 is 5.97 Å². The molecule has 2 rings (SSSR count). The van der Waals surface area contributed by atoms with Crippen LogP contribution in [0.1, 0.15) is 18.4 Å². The Morgan fingerprint density at radius 1 is 1.17 bits per heavy atom. The van der Waals surface area contributed by atoms with Crippen molar-refractivity contribution in [1.82, 2.24) is 0 Å². The second-order valence-electron chi connectivity index (χ2n) is 3.94. The van der Waals surface area contributed by atoms with E-state index < -0.39 is 41.1 Å². The van der Waals surface area contributed by atoms with Crippen LogP contribution in [0.15, 0.2) is 0 Å². The summed E-state index contributed by atoms with van der Waals surface area (Å²) < 4.78 is 57.4. The van der Waals surface area contributed by atoms with Crippen LogP contribution in [0, 0.1) is 23.3 Å². The van der Waals surface area contributed by atoms with Crippen molar-refractivity contribution in [1.29, 1.82) is 0 Å². The molecule has 1 aromatic rings. The Morgan fingerprint density at radius 3 is 2.39 bits per heavy atom. The monoisotopic (exact) mass is 264 g/mol. The fourth-order valence-electron chi connectivity index (χ4n) is 1.84. The quantitative estimate of drug-likeness (QED) is 0.518. The molecule has 0 spiro atoms. The van der Waals surface area contributed by atoms with Gasteiger partial charge in [0.05, 0.1) is 0 Å². The summed E-state index contributed by atoms with van der Waals surface area (Å²) in [5.74, 6) is -8.63. The van der Waals surface area contributed by atoms with Gasteiger partial charge in [-0.25, -0.2) is 13.2 Å². The second-order valence-corrected chi connectivity index (χ2v) is 3.94. The molecule has 0 saturated heterocycles. The van der Waals surface area contributed by atoms with E-state index in [2.05, 4.69) is 0 Å². The molecule has 18 heavy (non-hydrogen) atoms. The first kappa shape index (κ1) is 12.7. The Morgan fingerprint density at radius 2 is 1.78 bits per heavy atom. The predicted octanol–water partition coefficient (Wildman–Crippen LogP) is 2.41. The maximum atomic E-state index is 13.3. The largest absolute Gasteiger partial charge is 0.486 e. The lowest BCUT2D eigenvalue weighted by molar-refractivity contribution is -0.137. The number of halogens is 4. The van der Waals surface area contributed by atoms with E-state index in [4.69, 9.17) is 9.84 Å². The highest BCUT2D eigenvalue weighted by atomic mass is 19.2. The van der Waals surface area contributed by atoms with Gasteiger partial charge in [0.2, 0.25) is 11.6 Å². The number of carbonyl (C=O) groups is 1. The van der Waals surface area contributed by atoms with Crippen LogP contribution < -0.4 is 4.74 Å². The van der Waals surface area contributed by atoms with Crippen molar-refractivity contribution in [3.05, 3.63) is 28.8 Å². The van der Waals surface area contributed by atoms with Crippen LogP contribution in [0.2, 0.25) is 0 Å². The van der Waals surface area contributed by atoms with Crippen LogP contribution >= 0.6 is 0 Å². The molecule has 1 unspecified atom stereocenters. The molecule has 1 heterocycles. The molecule has 1 aromatic carbocycles. The minimum absolute atomic E-state index is 0.00608. The summed E-state index contributed by atoms with van der Waals surface area (Å²) in [4.78, 5) is 10.3. The third kappa shape index (κ3) is 2.00. The highest BCUT2D eigenvalue weighted by Gasteiger charge is 2.34.